The van der Waals surface area contributed by atoms with Crippen molar-refractivity contribution in [2.45, 2.75) is 33.1 Å². The number of ether oxygens (including phenoxy) is 1. The number of aryl methyl sites for hydroxylation is 1. The summed E-state index contributed by atoms with van der Waals surface area (Å²) in [6.07, 6.45) is -1.52. The number of alkyl halides is 4. The first-order valence-electron chi connectivity index (χ1n) is 13.5. The smallest absolute Gasteiger partial charge is 0.387 e. The molecule has 18 heteroatoms. The topological polar surface area (TPSA) is 166 Å². The third kappa shape index (κ3) is 7.68. The summed E-state index contributed by atoms with van der Waals surface area (Å²) in [5.41, 5.74) is 1.18. The van der Waals surface area contributed by atoms with Gasteiger partial charge in [0.1, 0.15) is 18.0 Å². The number of halogens is 5. The van der Waals surface area contributed by atoms with Crippen LogP contribution < -0.4 is 15.4 Å². The molecule has 2 aromatic carbocycles. The number of nitriles is 1. The highest BCUT2D eigenvalue weighted by molar-refractivity contribution is 6.32. The minimum atomic E-state index is -2.98. The average Bonchev–Trinajstić information content (AvgIpc) is 3.69. The van der Waals surface area contributed by atoms with Gasteiger partial charge in [0.25, 0.3) is 11.8 Å². The van der Waals surface area contributed by atoms with Gasteiger partial charge < -0.3 is 15.4 Å². The van der Waals surface area contributed by atoms with Gasteiger partial charge in [-0.3, -0.25) is 9.59 Å². The fraction of sp³-hybridized carbons (Fsp3) is 0.172. The Labute approximate surface area is 267 Å². The maximum atomic E-state index is 13.8. The molecule has 0 bridgehead atoms. The first kappa shape index (κ1) is 32.5. The summed E-state index contributed by atoms with van der Waals surface area (Å²) >= 11 is 6.34. The van der Waals surface area contributed by atoms with Crippen molar-refractivity contribution in [2.75, 3.05) is 5.32 Å². The molecule has 5 aromatic rings. The van der Waals surface area contributed by atoms with Crippen LogP contribution in [0.15, 0.2) is 60.8 Å². The van der Waals surface area contributed by atoms with E-state index in [9.17, 15) is 32.4 Å². The second-order valence-corrected chi connectivity index (χ2v) is 10.1. The molecule has 13 nitrogen and oxygen atoms in total. The lowest BCUT2D eigenvalue weighted by Gasteiger charge is -2.15. The van der Waals surface area contributed by atoms with Gasteiger partial charge in [-0.05, 0) is 65.7 Å². The number of benzene rings is 2. The Morgan fingerprint density at radius 1 is 1.06 bits per heavy atom. The zero-order valence-electron chi connectivity index (χ0n) is 24.0. The van der Waals surface area contributed by atoms with Gasteiger partial charge in [0.05, 0.1) is 33.6 Å². The minimum Gasteiger partial charge on any atom is -0.435 e. The highest BCUT2D eigenvalue weighted by atomic mass is 35.5. The lowest BCUT2D eigenvalue weighted by molar-refractivity contribution is -0.0498. The van der Waals surface area contributed by atoms with Gasteiger partial charge in [-0.1, -0.05) is 23.7 Å². The van der Waals surface area contributed by atoms with E-state index in [0.717, 1.165) is 9.48 Å². The number of carbonyl (C=O) groups excluding carboxylic acids is 2. The Kier molecular flexibility index (Phi) is 9.71. The molecule has 2 amide bonds. The van der Waals surface area contributed by atoms with Gasteiger partial charge in [0.2, 0.25) is 5.82 Å². The normalized spacial score (nSPS) is 11.0. The van der Waals surface area contributed by atoms with Crippen LogP contribution in [0, 0.1) is 18.3 Å². The first-order chi connectivity index (χ1) is 22.5. The fourth-order valence-electron chi connectivity index (χ4n) is 4.36. The number of amides is 2. The van der Waals surface area contributed by atoms with Gasteiger partial charge in [-0.15, -0.1) is 10.2 Å². The molecule has 0 radical (unpaired) electrons. The lowest BCUT2D eigenvalue weighted by atomic mass is 10.0. The van der Waals surface area contributed by atoms with Crippen molar-refractivity contribution in [2.24, 2.45) is 0 Å². The van der Waals surface area contributed by atoms with E-state index in [1.807, 2.05) is 6.07 Å². The number of carbonyl (C=O) groups is 2. The summed E-state index contributed by atoms with van der Waals surface area (Å²) in [6.45, 7) is -1.65. The summed E-state index contributed by atoms with van der Waals surface area (Å²) in [7, 11) is 0. The molecule has 5 rings (SSSR count). The number of pyridine rings is 1. The van der Waals surface area contributed by atoms with Gasteiger partial charge in [-0.2, -0.15) is 23.9 Å². The van der Waals surface area contributed by atoms with E-state index in [4.69, 9.17) is 11.6 Å². The van der Waals surface area contributed by atoms with E-state index in [1.54, 1.807) is 13.0 Å². The molecule has 3 heterocycles. The van der Waals surface area contributed by atoms with Crippen molar-refractivity contribution < 1.29 is 31.9 Å². The number of anilines is 1. The van der Waals surface area contributed by atoms with Gasteiger partial charge in [0.15, 0.2) is 5.82 Å². The van der Waals surface area contributed by atoms with Gasteiger partial charge in [0, 0.05) is 12.7 Å². The van der Waals surface area contributed by atoms with Crippen molar-refractivity contribution in [3.8, 4) is 17.6 Å². The predicted octanol–water partition coefficient (Wildman–Crippen LogP) is 4.86. The zero-order valence-corrected chi connectivity index (χ0v) is 24.8. The molecule has 0 saturated carbocycles. The van der Waals surface area contributed by atoms with Crippen LogP contribution in [0.4, 0.5) is 23.2 Å². The van der Waals surface area contributed by atoms with Gasteiger partial charge >= 0.3 is 13.0 Å². The maximum Gasteiger partial charge on any atom is 0.387 e. The molecule has 0 aliphatic rings. The number of hydrogen-bond acceptors (Lipinski definition) is 9. The molecule has 2 N–H and O–H groups in total. The van der Waals surface area contributed by atoms with Crippen molar-refractivity contribution in [3.63, 3.8) is 0 Å². The molecular weight excluding hydrogens is 648 g/mol. The molecule has 0 fully saturated rings. The number of hydrogen-bond donors (Lipinski definition) is 2. The second kappa shape index (κ2) is 14.0. The monoisotopic (exact) mass is 668 g/mol. The van der Waals surface area contributed by atoms with Crippen molar-refractivity contribution in [1.82, 2.24) is 40.3 Å². The average molecular weight is 669 g/mol. The molecule has 240 valence electrons. The summed E-state index contributed by atoms with van der Waals surface area (Å²) in [6, 6.07) is 14.8. The number of aromatic nitrogens is 7. The number of rotatable bonds is 11. The van der Waals surface area contributed by atoms with E-state index in [-0.39, 0.29) is 57.9 Å². The Morgan fingerprint density at radius 2 is 1.83 bits per heavy atom. The molecule has 0 atom stereocenters. The van der Waals surface area contributed by atoms with Crippen LogP contribution >= 0.6 is 11.6 Å². The van der Waals surface area contributed by atoms with E-state index in [0.29, 0.717) is 11.1 Å². The maximum absolute atomic E-state index is 13.8. The van der Waals surface area contributed by atoms with Crippen LogP contribution in [0.25, 0.3) is 5.82 Å². The Balaban J connectivity index is 1.44. The van der Waals surface area contributed by atoms with E-state index < -0.39 is 30.7 Å². The fourth-order valence-corrected chi connectivity index (χ4v) is 4.56. The summed E-state index contributed by atoms with van der Waals surface area (Å²) in [4.78, 5) is 32.2. The van der Waals surface area contributed by atoms with Crippen molar-refractivity contribution in [1.29, 1.82) is 5.26 Å². The third-order valence-corrected chi connectivity index (χ3v) is 6.74. The number of nitrogens with one attached hydrogen (secondary N) is 2. The third-order valence-electron chi connectivity index (χ3n) is 6.45. The van der Waals surface area contributed by atoms with Gasteiger partial charge in [-0.25, -0.2) is 18.4 Å². The molecule has 3 aromatic heterocycles. The number of nitrogens with zero attached hydrogens (tertiary/aromatic N) is 8. The van der Waals surface area contributed by atoms with Crippen LogP contribution in [0.2, 0.25) is 5.02 Å². The van der Waals surface area contributed by atoms with Crippen LogP contribution in [0.5, 0.6) is 5.75 Å². The lowest BCUT2D eigenvalue weighted by Crippen LogP contribution is -2.26. The zero-order chi connectivity index (χ0) is 33.7. The molecule has 47 heavy (non-hydrogen) atoms. The predicted molar refractivity (Wildman–Crippen MR) is 156 cm³/mol. The van der Waals surface area contributed by atoms with E-state index >= 15 is 0 Å². The molecule has 0 aliphatic carbocycles. The Hall–Kier alpha value is -5.89. The van der Waals surface area contributed by atoms with Crippen LogP contribution in [0.1, 0.15) is 55.5 Å². The quantitative estimate of drug-likeness (QED) is 0.187. The Morgan fingerprint density at radius 3 is 2.49 bits per heavy atom. The number of tetrazole rings is 1. The molecule has 0 unspecified atom stereocenters. The van der Waals surface area contributed by atoms with Crippen LogP contribution in [0.3, 0.4) is 0 Å². The van der Waals surface area contributed by atoms with E-state index in [1.165, 1.54) is 54.7 Å². The summed E-state index contributed by atoms with van der Waals surface area (Å²) < 4.78 is 56.3. The van der Waals surface area contributed by atoms with E-state index in [2.05, 4.69) is 40.9 Å². The second-order valence-electron chi connectivity index (χ2n) is 9.71. The standard InChI is InChI=1S/C29H21ClF4N10O3/c1-15-9-17(12-35)10-20(27(45)37-13-16-4-6-19(7-5-16)47-29(33)34)23(15)38-28(46)22-11-18(14-43-41-25(24(31)32)39-42-43)40-44(22)26-21(30)3-2-8-36-26/h2-11,24,29H,13-14H2,1H3,(H,37,45)(H,38,46). The minimum absolute atomic E-state index is 0.0189. The van der Waals surface area contributed by atoms with Crippen molar-refractivity contribution >= 4 is 29.1 Å². The molecule has 0 aliphatic heterocycles. The van der Waals surface area contributed by atoms with Crippen LogP contribution in [-0.2, 0) is 13.1 Å². The summed E-state index contributed by atoms with van der Waals surface area (Å²) in [5.74, 6) is -2.17. The highest BCUT2D eigenvalue weighted by Gasteiger charge is 2.24. The Bertz CT molecular complexity index is 1980. The highest BCUT2D eigenvalue weighted by Crippen LogP contribution is 2.26. The van der Waals surface area contributed by atoms with Crippen molar-refractivity contribution in [3.05, 3.63) is 105 Å². The molecule has 0 saturated heterocycles. The summed E-state index contributed by atoms with van der Waals surface area (Å²) in [5, 5.41) is 29.9. The van der Waals surface area contributed by atoms with Crippen LogP contribution in [-0.4, -0.2) is 53.4 Å². The SMILES string of the molecule is Cc1cc(C#N)cc(C(=O)NCc2ccc(OC(F)F)cc2)c1NC(=O)c1cc(Cn2nnc(C(F)F)n2)nn1-c1ncccc1Cl. The molecule has 0 spiro atoms. The largest absolute Gasteiger partial charge is 0.435 e. The first-order valence-corrected chi connectivity index (χ1v) is 13.8. The molecular formula is C29H21ClF4N10O3.